The van der Waals surface area contributed by atoms with Crippen LogP contribution in [0, 0.1) is 0 Å². The molecule has 39 heavy (non-hydrogen) atoms. The highest BCUT2D eigenvalue weighted by atomic mass is 19.4. The number of hydrogen-bond acceptors (Lipinski definition) is 6. The summed E-state index contributed by atoms with van der Waals surface area (Å²) in [5.74, 6) is 0.976. The molecule has 202 valence electrons. The summed E-state index contributed by atoms with van der Waals surface area (Å²) in [7, 11) is 0. The zero-order valence-corrected chi connectivity index (χ0v) is 21.3. The van der Waals surface area contributed by atoms with Gasteiger partial charge in [0.2, 0.25) is 5.82 Å². The van der Waals surface area contributed by atoms with E-state index in [0.29, 0.717) is 30.2 Å². The quantitative estimate of drug-likeness (QED) is 0.309. The lowest BCUT2D eigenvalue weighted by molar-refractivity contribution is -0.140. The number of alkyl halides is 3. The van der Waals surface area contributed by atoms with Crippen LogP contribution in [0.25, 0.3) is 22.8 Å². The van der Waals surface area contributed by atoms with Crippen LogP contribution in [-0.4, -0.2) is 58.1 Å². The van der Waals surface area contributed by atoms with Gasteiger partial charge in [-0.25, -0.2) is 0 Å². The molecule has 7 nitrogen and oxygen atoms in total. The predicted molar refractivity (Wildman–Crippen MR) is 139 cm³/mol. The second-order valence-electron chi connectivity index (χ2n) is 9.37. The number of ether oxygens (including phenoxy) is 1. The lowest BCUT2D eigenvalue weighted by Crippen LogP contribution is -2.51. The van der Waals surface area contributed by atoms with Gasteiger partial charge < -0.3 is 14.2 Å². The maximum Gasteiger partial charge on any atom is 0.416 e. The number of halogens is 3. The first kappa shape index (κ1) is 26.4. The zero-order valence-electron chi connectivity index (χ0n) is 21.3. The van der Waals surface area contributed by atoms with Gasteiger partial charge in [0.15, 0.2) is 6.10 Å². The smallest absolute Gasteiger partial charge is 0.416 e. The molecule has 2 heterocycles. The molecule has 1 amide bonds. The molecule has 4 aromatic rings. The van der Waals surface area contributed by atoms with Crippen LogP contribution in [0.1, 0.15) is 18.1 Å². The van der Waals surface area contributed by atoms with Crippen molar-refractivity contribution in [3.8, 4) is 28.6 Å². The molecule has 1 fully saturated rings. The van der Waals surface area contributed by atoms with E-state index in [9.17, 15) is 18.0 Å². The van der Waals surface area contributed by atoms with Crippen molar-refractivity contribution >= 4 is 5.91 Å². The molecule has 1 atom stereocenters. The van der Waals surface area contributed by atoms with Crippen molar-refractivity contribution in [2.75, 3.05) is 26.2 Å². The Morgan fingerprint density at radius 1 is 0.949 bits per heavy atom. The summed E-state index contributed by atoms with van der Waals surface area (Å²) in [5.41, 5.74) is 1.22. The van der Waals surface area contributed by atoms with Crippen LogP contribution in [0.2, 0.25) is 0 Å². The van der Waals surface area contributed by atoms with Gasteiger partial charge in [0, 0.05) is 43.9 Å². The Hall–Kier alpha value is -4.18. The minimum Gasteiger partial charge on any atom is -0.481 e. The van der Waals surface area contributed by atoms with E-state index in [1.54, 1.807) is 6.92 Å². The second-order valence-corrected chi connectivity index (χ2v) is 9.37. The summed E-state index contributed by atoms with van der Waals surface area (Å²) >= 11 is 0. The molecule has 0 radical (unpaired) electrons. The fourth-order valence-electron chi connectivity index (χ4n) is 4.44. The first-order valence-corrected chi connectivity index (χ1v) is 12.6. The van der Waals surface area contributed by atoms with Crippen LogP contribution >= 0.6 is 0 Å². The van der Waals surface area contributed by atoms with Crippen molar-refractivity contribution in [3.05, 3.63) is 90.0 Å². The molecular weight excluding hydrogens is 509 g/mol. The summed E-state index contributed by atoms with van der Waals surface area (Å²) in [4.78, 5) is 21.2. The van der Waals surface area contributed by atoms with Crippen LogP contribution < -0.4 is 4.74 Å². The van der Waals surface area contributed by atoms with E-state index in [-0.39, 0.29) is 17.4 Å². The van der Waals surface area contributed by atoms with Gasteiger partial charge in [-0.1, -0.05) is 53.7 Å². The van der Waals surface area contributed by atoms with Gasteiger partial charge in [0.25, 0.3) is 11.8 Å². The number of carbonyl (C=O) groups excluding carboxylic acids is 1. The molecule has 0 aliphatic carbocycles. The highest BCUT2D eigenvalue weighted by Gasteiger charge is 2.31. The monoisotopic (exact) mass is 536 g/mol. The Kier molecular flexibility index (Phi) is 7.65. The molecule has 0 unspecified atom stereocenters. The van der Waals surface area contributed by atoms with E-state index in [4.69, 9.17) is 9.26 Å². The highest BCUT2D eigenvalue weighted by Crippen LogP contribution is 2.32. The maximum absolute atomic E-state index is 13.0. The third-order valence-electron chi connectivity index (χ3n) is 6.57. The topological polar surface area (TPSA) is 71.7 Å². The molecule has 10 heteroatoms. The molecule has 0 saturated carbocycles. The zero-order chi connectivity index (χ0) is 27.4. The van der Waals surface area contributed by atoms with Gasteiger partial charge in [-0.15, -0.1) is 0 Å². The van der Waals surface area contributed by atoms with E-state index in [2.05, 4.69) is 15.0 Å². The second kappa shape index (κ2) is 11.3. The van der Waals surface area contributed by atoms with E-state index in [1.807, 2.05) is 59.5 Å². The van der Waals surface area contributed by atoms with E-state index in [0.717, 1.165) is 37.3 Å². The average Bonchev–Trinajstić information content (AvgIpc) is 3.44. The summed E-state index contributed by atoms with van der Waals surface area (Å²) in [6, 6.07) is 21.8. The molecule has 1 aliphatic heterocycles. The van der Waals surface area contributed by atoms with E-state index >= 15 is 0 Å². The van der Waals surface area contributed by atoms with Crippen LogP contribution in [0.4, 0.5) is 13.2 Å². The first-order chi connectivity index (χ1) is 18.8. The van der Waals surface area contributed by atoms with Crippen molar-refractivity contribution in [1.82, 2.24) is 19.9 Å². The molecule has 0 bridgehead atoms. The SMILES string of the molecule is C[C@H](Oc1ccccc1)C(=O)N1CCN(Cc2ccc(-c3noc(-c4cccc(C(F)(F)F)c4)n3)cc2)CC1. The number of rotatable bonds is 7. The lowest BCUT2D eigenvalue weighted by Gasteiger charge is -2.35. The van der Waals surface area contributed by atoms with Gasteiger partial charge in [0.05, 0.1) is 5.56 Å². The van der Waals surface area contributed by atoms with Crippen molar-refractivity contribution in [2.45, 2.75) is 25.7 Å². The molecule has 1 aromatic heterocycles. The van der Waals surface area contributed by atoms with Crippen molar-refractivity contribution in [1.29, 1.82) is 0 Å². The number of benzene rings is 3. The fraction of sp³-hybridized carbons (Fsp3) is 0.276. The number of para-hydroxylation sites is 1. The van der Waals surface area contributed by atoms with Crippen LogP contribution in [-0.2, 0) is 17.5 Å². The van der Waals surface area contributed by atoms with Gasteiger partial charge in [-0.2, -0.15) is 18.2 Å². The number of aromatic nitrogens is 2. The first-order valence-electron chi connectivity index (χ1n) is 12.6. The van der Waals surface area contributed by atoms with Gasteiger partial charge >= 0.3 is 6.18 Å². The number of piperazine rings is 1. The largest absolute Gasteiger partial charge is 0.481 e. The van der Waals surface area contributed by atoms with Crippen LogP contribution in [0.5, 0.6) is 5.75 Å². The predicted octanol–water partition coefficient (Wildman–Crippen LogP) is 5.53. The Morgan fingerprint density at radius 3 is 2.36 bits per heavy atom. The lowest BCUT2D eigenvalue weighted by atomic mass is 10.1. The summed E-state index contributed by atoms with van der Waals surface area (Å²) < 4.78 is 50.1. The molecule has 0 N–H and O–H groups in total. The molecule has 0 spiro atoms. The molecule has 3 aromatic carbocycles. The summed E-state index contributed by atoms with van der Waals surface area (Å²) in [6.07, 6.45) is -5.00. The highest BCUT2D eigenvalue weighted by molar-refractivity contribution is 5.81. The Labute approximate surface area is 223 Å². The van der Waals surface area contributed by atoms with Crippen LogP contribution in [0.3, 0.4) is 0 Å². The molecular formula is C29H27F3N4O3. The van der Waals surface area contributed by atoms with Crippen molar-refractivity contribution < 1.29 is 27.2 Å². The Balaban J connectivity index is 1.14. The van der Waals surface area contributed by atoms with Crippen molar-refractivity contribution in [2.24, 2.45) is 0 Å². The maximum atomic E-state index is 13.0. The average molecular weight is 537 g/mol. The Morgan fingerprint density at radius 2 is 1.67 bits per heavy atom. The van der Waals surface area contributed by atoms with E-state index < -0.39 is 17.8 Å². The van der Waals surface area contributed by atoms with Crippen molar-refractivity contribution in [3.63, 3.8) is 0 Å². The third-order valence-corrected chi connectivity index (χ3v) is 6.57. The summed E-state index contributed by atoms with van der Waals surface area (Å²) in [5, 5.41) is 3.94. The Bertz CT molecular complexity index is 1400. The standard InChI is InChI=1S/C29H27F3N4O3/c1-20(38-25-8-3-2-4-9-25)28(37)36-16-14-35(15-17-36)19-21-10-12-22(13-11-21)26-33-27(39-34-26)23-6-5-7-24(18-23)29(30,31)32/h2-13,18,20H,14-17,19H2,1H3/t20-/m0/s1. The van der Waals surface area contributed by atoms with Gasteiger partial charge in [0.1, 0.15) is 5.75 Å². The molecule has 5 rings (SSSR count). The normalized spacial score (nSPS) is 15.2. The van der Waals surface area contributed by atoms with Gasteiger partial charge in [-0.05, 0) is 42.8 Å². The minimum absolute atomic E-state index is 0.0209. The molecule has 1 saturated heterocycles. The number of nitrogens with zero attached hydrogens (tertiary/aromatic N) is 4. The molecule has 1 aliphatic rings. The van der Waals surface area contributed by atoms with E-state index in [1.165, 1.54) is 12.1 Å². The number of carbonyl (C=O) groups is 1. The van der Waals surface area contributed by atoms with Crippen LogP contribution in [0.15, 0.2) is 83.4 Å². The summed E-state index contributed by atoms with van der Waals surface area (Å²) in [6.45, 7) is 5.24. The van der Waals surface area contributed by atoms with Gasteiger partial charge in [-0.3, -0.25) is 9.69 Å². The number of amides is 1. The minimum atomic E-state index is -4.45. The fourth-order valence-corrected chi connectivity index (χ4v) is 4.44. The third kappa shape index (κ3) is 6.46. The number of hydrogen-bond donors (Lipinski definition) is 0.